The lowest BCUT2D eigenvalue weighted by molar-refractivity contribution is -0.135. The molecule has 0 aromatic heterocycles. The van der Waals surface area contributed by atoms with Crippen LogP contribution in [-0.4, -0.2) is 18.3 Å². The number of carbonyl (C=O) groups excluding carboxylic acids is 1. The first kappa shape index (κ1) is 17.0. The maximum absolute atomic E-state index is 13.8. The number of rotatable bonds is 6. The summed E-state index contributed by atoms with van der Waals surface area (Å²) in [5.74, 6) is -0.979. The molecule has 4 nitrogen and oxygen atoms in total. The zero-order valence-corrected chi connectivity index (χ0v) is 13.3. The van der Waals surface area contributed by atoms with Crippen LogP contribution in [-0.2, 0) is 16.0 Å². The maximum Gasteiger partial charge on any atom is 0.354 e. The van der Waals surface area contributed by atoms with Crippen LogP contribution in [0.1, 0.15) is 12.5 Å². The van der Waals surface area contributed by atoms with Gasteiger partial charge in [0.05, 0.1) is 12.3 Å². The second kappa shape index (κ2) is 8.29. The minimum atomic E-state index is -0.586. The van der Waals surface area contributed by atoms with E-state index in [-0.39, 0.29) is 18.7 Å². The molecular formula is C17H16ClFN2O2. The molecule has 0 amide bonds. The number of halogens is 2. The van der Waals surface area contributed by atoms with Crippen LogP contribution in [0.25, 0.3) is 0 Å². The highest BCUT2D eigenvalue weighted by molar-refractivity contribution is 6.37. The fourth-order valence-electron chi connectivity index (χ4n) is 1.85. The fraction of sp³-hybridized carbons (Fsp3) is 0.176. The van der Waals surface area contributed by atoms with E-state index in [1.807, 2.05) is 0 Å². The summed E-state index contributed by atoms with van der Waals surface area (Å²) in [5.41, 5.74) is 3.88. The molecule has 6 heteroatoms. The van der Waals surface area contributed by atoms with E-state index in [0.29, 0.717) is 16.3 Å². The summed E-state index contributed by atoms with van der Waals surface area (Å²) < 4.78 is 18.7. The van der Waals surface area contributed by atoms with Gasteiger partial charge in [0.15, 0.2) is 0 Å². The van der Waals surface area contributed by atoms with Crippen molar-refractivity contribution in [3.05, 3.63) is 64.9 Å². The van der Waals surface area contributed by atoms with Crippen LogP contribution in [0.4, 0.5) is 10.1 Å². The lowest BCUT2D eigenvalue weighted by Crippen LogP contribution is -2.22. The highest BCUT2D eigenvalue weighted by Gasteiger charge is 2.16. The number of ether oxygens (including phenoxy) is 1. The van der Waals surface area contributed by atoms with Crippen LogP contribution >= 0.6 is 11.6 Å². The Morgan fingerprint density at radius 2 is 1.91 bits per heavy atom. The van der Waals surface area contributed by atoms with E-state index < -0.39 is 11.8 Å². The highest BCUT2D eigenvalue weighted by Crippen LogP contribution is 2.14. The predicted molar refractivity (Wildman–Crippen MR) is 89.2 cm³/mol. The summed E-state index contributed by atoms with van der Waals surface area (Å²) in [6.45, 7) is 1.92. The lowest BCUT2D eigenvalue weighted by atomic mass is 10.1. The van der Waals surface area contributed by atoms with Gasteiger partial charge in [-0.2, -0.15) is 5.10 Å². The molecule has 0 bridgehead atoms. The molecule has 2 aromatic carbocycles. The number of benzene rings is 2. The van der Waals surface area contributed by atoms with Crippen LogP contribution in [0.5, 0.6) is 0 Å². The molecule has 0 heterocycles. The Morgan fingerprint density at radius 1 is 1.22 bits per heavy atom. The fourth-order valence-corrected chi connectivity index (χ4v) is 1.98. The summed E-state index contributed by atoms with van der Waals surface area (Å²) in [4.78, 5) is 12.0. The van der Waals surface area contributed by atoms with Crippen molar-refractivity contribution in [1.82, 2.24) is 0 Å². The van der Waals surface area contributed by atoms with Gasteiger partial charge in [-0.1, -0.05) is 29.8 Å². The van der Waals surface area contributed by atoms with Crippen molar-refractivity contribution in [2.75, 3.05) is 12.0 Å². The van der Waals surface area contributed by atoms with Gasteiger partial charge >= 0.3 is 5.97 Å². The molecule has 2 rings (SSSR count). The summed E-state index contributed by atoms with van der Waals surface area (Å²) >= 11 is 5.81. The van der Waals surface area contributed by atoms with Crippen molar-refractivity contribution >= 4 is 29.0 Å². The van der Waals surface area contributed by atoms with Gasteiger partial charge in [-0.25, -0.2) is 9.18 Å². The quantitative estimate of drug-likeness (QED) is 0.492. The summed E-state index contributed by atoms with van der Waals surface area (Å²) in [6, 6.07) is 13.1. The zero-order valence-electron chi connectivity index (χ0n) is 12.6. The Labute approximate surface area is 138 Å². The lowest BCUT2D eigenvalue weighted by Gasteiger charge is -2.08. The molecule has 0 spiro atoms. The number of hydrazone groups is 1. The second-order valence-corrected chi connectivity index (χ2v) is 5.10. The molecule has 0 aliphatic heterocycles. The van der Waals surface area contributed by atoms with Crippen molar-refractivity contribution in [2.45, 2.75) is 13.3 Å². The van der Waals surface area contributed by atoms with E-state index in [4.69, 9.17) is 16.3 Å². The van der Waals surface area contributed by atoms with Crippen LogP contribution in [0.15, 0.2) is 53.6 Å². The molecule has 0 aliphatic carbocycles. The standard InChI is InChI=1S/C17H16ClFN2O2/c1-2-23-17(22)16(11-12-5-3-4-6-15(12)19)21-20-14-9-7-13(18)8-10-14/h3-10,20H,2,11H2,1H3/b21-16-. The smallest absolute Gasteiger partial charge is 0.354 e. The van der Waals surface area contributed by atoms with E-state index >= 15 is 0 Å². The van der Waals surface area contributed by atoms with E-state index in [0.717, 1.165) is 0 Å². The third-order valence-corrected chi connectivity index (χ3v) is 3.24. The average Bonchev–Trinajstić information content (AvgIpc) is 2.55. The topological polar surface area (TPSA) is 50.7 Å². The normalized spacial score (nSPS) is 11.2. The molecule has 0 fully saturated rings. The average molecular weight is 335 g/mol. The third kappa shape index (κ3) is 5.07. The van der Waals surface area contributed by atoms with E-state index in [1.54, 1.807) is 49.4 Å². The highest BCUT2D eigenvalue weighted by atomic mass is 35.5. The molecule has 2 aromatic rings. The van der Waals surface area contributed by atoms with E-state index in [9.17, 15) is 9.18 Å². The number of nitrogens with zero attached hydrogens (tertiary/aromatic N) is 1. The SMILES string of the molecule is CCOC(=O)/C(Cc1ccccc1F)=N\Nc1ccc(Cl)cc1. The van der Waals surface area contributed by atoms with Gasteiger partial charge in [0.2, 0.25) is 0 Å². The summed E-state index contributed by atoms with van der Waals surface area (Å²) in [6.07, 6.45) is 0.0338. The first-order valence-corrected chi connectivity index (χ1v) is 7.46. The molecule has 0 aliphatic rings. The van der Waals surface area contributed by atoms with Gasteiger partial charge < -0.3 is 4.74 Å². The van der Waals surface area contributed by atoms with Crippen molar-refractivity contribution in [1.29, 1.82) is 0 Å². The van der Waals surface area contributed by atoms with Crippen LogP contribution in [0, 0.1) is 5.82 Å². The molecule has 1 N–H and O–H groups in total. The molecule has 0 radical (unpaired) electrons. The first-order valence-electron chi connectivity index (χ1n) is 7.09. The summed E-state index contributed by atoms with van der Waals surface area (Å²) in [7, 11) is 0. The minimum Gasteiger partial charge on any atom is -0.461 e. The number of hydrogen-bond acceptors (Lipinski definition) is 4. The van der Waals surface area contributed by atoms with Crippen molar-refractivity contribution in [3.8, 4) is 0 Å². The first-order chi connectivity index (χ1) is 11.1. The predicted octanol–water partition coefficient (Wildman–Crippen LogP) is 4.05. The number of esters is 1. The maximum atomic E-state index is 13.8. The Kier molecular flexibility index (Phi) is 6.11. The van der Waals surface area contributed by atoms with Gasteiger partial charge in [-0.05, 0) is 42.8 Å². The van der Waals surface area contributed by atoms with Crippen LogP contribution in [0.3, 0.4) is 0 Å². The number of hydrogen-bond donors (Lipinski definition) is 1. The van der Waals surface area contributed by atoms with E-state index in [2.05, 4.69) is 10.5 Å². The van der Waals surface area contributed by atoms with Crippen molar-refractivity contribution < 1.29 is 13.9 Å². The minimum absolute atomic E-state index is 0.0338. The molecule has 0 saturated carbocycles. The van der Waals surface area contributed by atoms with E-state index in [1.165, 1.54) is 6.07 Å². The van der Waals surface area contributed by atoms with Crippen LogP contribution in [0.2, 0.25) is 5.02 Å². The van der Waals surface area contributed by atoms with Crippen LogP contribution < -0.4 is 5.43 Å². The van der Waals surface area contributed by atoms with Gasteiger partial charge in [0, 0.05) is 11.4 Å². The summed E-state index contributed by atoms with van der Waals surface area (Å²) in [5, 5.41) is 4.65. The Balaban J connectivity index is 2.19. The monoisotopic (exact) mass is 334 g/mol. The number of carbonyl (C=O) groups is 1. The van der Waals surface area contributed by atoms with Gasteiger partial charge in [-0.15, -0.1) is 0 Å². The third-order valence-electron chi connectivity index (χ3n) is 2.99. The Morgan fingerprint density at radius 3 is 2.57 bits per heavy atom. The molecule has 0 unspecified atom stereocenters. The number of nitrogens with one attached hydrogen (secondary N) is 1. The van der Waals surface area contributed by atoms with Crippen molar-refractivity contribution in [3.63, 3.8) is 0 Å². The molecule has 23 heavy (non-hydrogen) atoms. The van der Waals surface area contributed by atoms with Crippen molar-refractivity contribution in [2.24, 2.45) is 5.10 Å². The Bertz CT molecular complexity index is 702. The zero-order chi connectivity index (χ0) is 16.7. The molecule has 0 saturated heterocycles. The largest absolute Gasteiger partial charge is 0.461 e. The van der Waals surface area contributed by atoms with Gasteiger partial charge in [0.25, 0.3) is 0 Å². The molecule has 120 valence electrons. The molecule has 0 atom stereocenters. The van der Waals surface area contributed by atoms with Gasteiger partial charge in [0.1, 0.15) is 11.5 Å². The number of anilines is 1. The Hall–Kier alpha value is -2.40. The molecular weight excluding hydrogens is 319 g/mol. The van der Waals surface area contributed by atoms with Gasteiger partial charge in [-0.3, -0.25) is 5.43 Å². The second-order valence-electron chi connectivity index (χ2n) is 4.67.